The van der Waals surface area contributed by atoms with Gasteiger partial charge in [0, 0.05) is 16.1 Å². The summed E-state index contributed by atoms with van der Waals surface area (Å²) >= 11 is 3.29. The lowest BCUT2D eigenvalue weighted by Gasteiger charge is -2.11. The average Bonchev–Trinajstić information content (AvgIpc) is 2.44. The molecule has 0 fully saturated rings. The maximum Gasteiger partial charge on any atom is 0.293 e. The quantitative estimate of drug-likeness (QED) is 0.666. The minimum atomic E-state index is -0.496. The highest BCUT2D eigenvalue weighted by atomic mass is 79.9. The number of nitrogens with zero attached hydrogens (tertiary/aromatic N) is 1. The summed E-state index contributed by atoms with van der Waals surface area (Å²) in [5.41, 5.74) is 2.14. The topological polar surface area (TPSA) is 72.2 Å². The molecule has 0 saturated carbocycles. The Bertz CT molecular complexity index is 712. The molecular weight excluding hydrogens is 336 g/mol. The summed E-state index contributed by atoms with van der Waals surface area (Å²) in [6.45, 7) is 3.59. The van der Waals surface area contributed by atoms with Crippen molar-refractivity contribution < 1.29 is 9.72 Å². The van der Waals surface area contributed by atoms with Gasteiger partial charge >= 0.3 is 0 Å². The van der Waals surface area contributed by atoms with E-state index in [1.165, 1.54) is 6.07 Å². The second-order valence-corrected chi connectivity index (χ2v) is 5.54. The van der Waals surface area contributed by atoms with E-state index in [2.05, 4.69) is 21.2 Å². The largest absolute Gasteiger partial charge is 0.316 e. The number of benzene rings is 2. The van der Waals surface area contributed by atoms with Crippen LogP contribution >= 0.6 is 15.9 Å². The van der Waals surface area contributed by atoms with E-state index in [0.29, 0.717) is 11.1 Å². The molecule has 1 N–H and O–H groups in total. The Labute approximate surface area is 130 Å². The molecule has 0 aliphatic carbocycles. The third-order valence-corrected chi connectivity index (χ3v) is 3.78. The van der Waals surface area contributed by atoms with E-state index in [4.69, 9.17) is 0 Å². The molecule has 1 amide bonds. The Morgan fingerprint density at radius 1 is 1.14 bits per heavy atom. The predicted octanol–water partition coefficient (Wildman–Crippen LogP) is 4.23. The van der Waals surface area contributed by atoms with Crippen molar-refractivity contribution in [1.29, 1.82) is 0 Å². The van der Waals surface area contributed by atoms with Gasteiger partial charge < -0.3 is 5.32 Å². The number of nitro benzene ring substituents is 1. The van der Waals surface area contributed by atoms with Gasteiger partial charge in [0.15, 0.2) is 0 Å². The van der Waals surface area contributed by atoms with E-state index in [9.17, 15) is 14.9 Å². The maximum absolute atomic E-state index is 12.2. The SMILES string of the molecule is Cc1ccc([N+](=O)[O-])c(NC(=O)c2ccc(Br)cc2)c1C. The van der Waals surface area contributed by atoms with Crippen molar-refractivity contribution in [2.24, 2.45) is 0 Å². The molecule has 0 atom stereocenters. The number of rotatable bonds is 3. The van der Waals surface area contributed by atoms with E-state index < -0.39 is 4.92 Å². The van der Waals surface area contributed by atoms with Crippen molar-refractivity contribution in [2.45, 2.75) is 13.8 Å². The highest BCUT2D eigenvalue weighted by molar-refractivity contribution is 9.10. The van der Waals surface area contributed by atoms with E-state index in [1.807, 2.05) is 6.92 Å². The van der Waals surface area contributed by atoms with Crippen LogP contribution in [0.3, 0.4) is 0 Å². The van der Waals surface area contributed by atoms with Crippen LogP contribution in [0, 0.1) is 24.0 Å². The molecule has 0 bridgehead atoms. The summed E-state index contributed by atoms with van der Waals surface area (Å²) in [4.78, 5) is 22.8. The number of nitrogens with one attached hydrogen (secondary N) is 1. The van der Waals surface area contributed by atoms with E-state index in [1.54, 1.807) is 37.3 Å². The molecule has 5 nitrogen and oxygen atoms in total. The third kappa shape index (κ3) is 3.28. The van der Waals surface area contributed by atoms with Crippen LogP contribution in [0.15, 0.2) is 40.9 Å². The minimum Gasteiger partial charge on any atom is -0.316 e. The molecule has 0 aliphatic rings. The van der Waals surface area contributed by atoms with Gasteiger partial charge in [-0.1, -0.05) is 22.0 Å². The van der Waals surface area contributed by atoms with Crippen molar-refractivity contribution in [3.63, 3.8) is 0 Å². The zero-order valence-electron chi connectivity index (χ0n) is 11.5. The number of carbonyl (C=O) groups excluding carboxylic acids is 1. The Kier molecular flexibility index (Phi) is 4.37. The van der Waals surface area contributed by atoms with Crippen molar-refractivity contribution in [1.82, 2.24) is 0 Å². The lowest BCUT2D eigenvalue weighted by Crippen LogP contribution is -2.14. The molecular formula is C15H13BrN2O3. The van der Waals surface area contributed by atoms with Crippen LogP contribution in [-0.2, 0) is 0 Å². The Hall–Kier alpha value is -2.21. The molecule has 0 aliphatic heterocycles. The summed E-state index contributed by atoms with van der Waals surface area (Å²) in [6, 6.07) is 9.86. The zero-order chi connectivity index (χ0) is 15.6. The van der Waals surface area contributed by atoms with Gasteiger partial charge in [-0.2, -0.15) is 0 Å². The average molecular weight is 349 g/mol. The fourth-order valence-corrected chi connectivity index (χ4v) is 2.16. The first kappa shape index (κ1) is 15.2. The zero-order valence-corrected chi connectivity index (χ0v) is 13.1. The minimum absolute atomic E-state index is 0.108. The normalized spacial score (nSPS) is 10.2. The van der Waals surface area contributed by atoms with Gasteiger partial charge in [0.2, 0.25) is 0 Å². The van der Waals surface area contributed by atoms with Crippen LogP contribution in [0.25, 0.3) is 0 Å². The smallest absolute Gasteiger partial charge is 0.293 e. The number of carbonyl (C=O) groups is 1. The van der Waals surface area contributed by atoms with Gasteiger partial charge in [0.05, 0.1) is 4.92 Å². The van der Waals surface area contributed by atoms with E-state index in [0.717, 1.165) is 10.0 Å². The molecule has 6 heteroatoms. The number of hydrogen-bond donors (Lipinski definition) is 1. The summed E-state index contributed by atoms with van der Waals surface area (Å²) in [6.07, 6.45) is 0. The van der Waals surface area contributed by atoms with Gasteiger partial charge in [-0.3, -0.25) is 14.9 Å². The number of amides is 1. The molecule has 2 aromatic carbocycles. The highest BCUT2D eigenvalue weighted by Gasteiger charge is 2.19. The monoisotopic (exact) mass is 348 g/mol. The van der Waals surface area contributed by atoms with Crippen molar-refractivity contribution >= 4 is 33.2 Å². The molecule has 108 valence electrons. The van der Waals surface area contributed by atoms with Crippen LogP contribution < -0.4 is 5.32 Å². The van der Waals surface area contributed by atoms with Gasteiger partial charge in [0.25, 0.3) is 11.6 Å². The maximum atomic E-state index is 12.2. The second kappa shape index (κ2) is 6.05. The lowest BCUT2D eigenvalue weighted by molar-refractivity contribution is -0.384. The van der Waals surface area contributed by atoms with E-state index in [-0.39, 0.29) is 17.3 Å². The van der Waals surface area contributed by atoms with E-state index >= 15 is 0 Å². The fraction of sp³-hybridized carbons (Fsp3) is 0.133. The molecule has 0 radical (unpaired) electrons. The molecule has 0 spiro atoms. The number of aryl methyl sites for hydroxylation is 1. The number of anilines is 1. The summed E-state index contributed by atoms with van der Waals surface area (Å²) in [5.74, 6) is -0.376. The van der Waals surface area contributed by atoms with Crippen LogP contribution in [0.5, 0.6) is 0 Å². The molecule has 0 heterocycles. The molecule has 2 rings (SSSR count). The lowest BCUT2D eigenvalue weighted by atomic mass is 10.1. The Balaban J connectivity index is 2.38. The van der Waals surface area contributed by atoms with Crippen LogP contribution in [0.1, 0.15) is 21.5 Å². The van der Waals surface area contributed by atoms with Crippen LogP contribution in [-0.4, -0.2) is 10.8 Å². The molecule has 21 heavy (non-hydrogen) atoms. The van der Waals surface area contributed by atoms with Crippen molar-refractivity contribution in [3.05, 3.63) is 67.7 Å². The number of hydrogen-bond acceptors (Lipinski definition) is 3. The number of nitro groups is 1. The van der Waals surface area contributed by atoms with Crippen molar-refractivity contribution in [3.8, 4) is 0 Å². The predicted molar refractivity (Wildman–Crippen MR) is 84.7 cm³/mol. The standard InChI is InChI=1S/C15H13BrN2O3/c1-9-3-8-13(18(20)21)14(10(9)2)17-15(19)11-4-6-12(16)7-5-11/h3-8H,1-2H3,(H,17,19). The van der Waals surface area contributed by atoms with Gasteiger partial charge in [0.1, 0.15) is 5.69 Å². The van der Waals surface area contributed by atoms with Crippen LogP contribution in [0.2, 0.25) is 0 Å². The molecule has 0 saturated heterocycles. The summed E-state index contributed by atoms with van der Waals surface area (Å²) < 4.78 is 0.858. The molecule has 0 aromatic heterocycles. The fourth-order valence-electron chi connectivity index (χ4n) is 1.90. The number of halogens is 1. The summed E-state index contributed by atoms with van der Waals surface area (Å²) in [7, 11) is 0. The second-order valence-electron chi connectivity index (χ2n) is 4.62. The Morgan fingerprint density at radius 2 is 1.76 bits per heavy atom. The van der Waals surface area contributed by atoms with Gasteiger partial charge in [-0.15, -0.1) is 0 Å². The third-order valence-electron chi connectivity index (χ3n) is 3.26. The first-order valence-electron chi connectivity index (χ1n) is 6.21. The van der Waals surface area contributed by atoms with Crippen LogP contribution in [0.4, 0.5) is 11.4 Å². The first-order chi connectivity index (χ1) is 9.90. The van der Waals surface area contributed by atoms with Gasteiger partial charge in [-0.25, -0.2) is 0 Å². The molecule has 2 aromatic rings. The highest BCUT2D eigenvalue weighted by Crippen LogP contribution is 2.30. The Morgan fingerprint density at radius 3 is 2.33 bits per heavy atom. The van der Waals surface area contributed by atoms with Gasteiger partial charge in [-0.05, 0) is 49.2 Å². The summed E-state index contributed by atoms with van der Waals surface area (Å²) in [5, 5.41) is 13.7. The van der Waals surface area contributed by atoms with Crippen molar-refractivity contribution in [2.75, 3.05) is 5.32 Å². The molecule has 0 unspecified atom stereocenters. The first-order valence-corrected chi connectivity index (χ1v) is 7.01.